The van der Waals surface area contributed by atoms with Gasteiger partial charge < -0.3 is 18.9 Å². The van der Waals surface area contributed by atoms with E-state index in [-0.39, 0.29) is 17.7 Å². The summed E-state index contributed by atoms with van der Waals surface area (Å²) in [6.07, 6.45) is 1.78. The van der Waals surface area contributed by atoms with Gasteiger partial charge in [0.2, 0.25) is 5.90 Å². The van der Waals surface area contributed by atoms with Crippen LogP contribution in [0.3, 0.4) is 0 Å². The number of esters is 1. The van der Waals surface area contributed by atoms with E-state index < -0.39 is 5.97 Å². The highest BCUT2D eigenvalue weighted by molar-refractivity contribution is 6.13. The van der Waals surface area contributed by atoms with Gasteiger partial charge in [0.15, 0.2) is 17.2 Å². The van der Waals surface area contributed by atoms with E-state index in [9.17, 15) is 4.79 Å². The van der Waals surface area contributed by atoms with E-state index in [1.165, 1.54) is 0 Å². The molecule has 0 unspecified atom stereocenters. The van der Waals surface area contributed by atoms with Crippen molar-refractivity contribution in [2.45, 2.75) is 20.0 Å². The van der Waals surface area contributed by atoms with Crippen LogP contribution in [0.15, 0.2) is 53.2 Å². The van der Waals surface area contributed by atoms with Crippen LogP contribution in [0.25, 0.3) is 6.08 Å². The number of hydrogen-bond acceptors (Lipinski definition) is 6. The lowest BCUT2D eigenvalue weighted by molar-refractivity contribution is -0.129. The highest BCUT2D eigenvalue weighted by Crippen LogP contribution is 2.29. The number of aliphatic imine (C=N–C) groups is 1. The Morgan fingerprint density at radius 3 is 2.33 bits per heavy atom. The zero-order chi connectivity index (χ0) is 19.4. The van der Waals surface area contributed by atoms with Crippen LogP contribution < -0.4 is 14.2 Å². The third-order valence-electron chi connectivity index (χ3n) is 3.81. The van der Waals surface area contributed by atoms with Gasteiger partial charge >= 0.3 is 5.97 Å². The second-order valence-corrected chi connectivity index (χ2v) is 6.14. The molecule has 6 nitrogen and oxygen atoms in total. The summed E-state index contributed by atoms with van der Waals surface area (Å²) >= 11 is 0. The standard InChI is InChI=1S/C21H21NO5/c1-13(2)26-16-8-5-14(6-9-16)11-17-21(23)27-20(22-17)15-7-10-18(24-3)19(12-15)25-4/h5-13H,1-4H3/b17-11+. The normalized spacial score (nSPS) is 14.9. The largest absolute Gasteiger partial charge is 0.493 e. The molecule has 0 saturated carbocycles. The van der Waals surface area contributed by atoms with Gasteiger partial charge in [0.25, 0.3) is 0 Å². The van der Waals surface area contributed by atoms with Gasteiger partial charge in [-0.3, -0.25) is 0 Å². The second-order valence-electron chi connectivity index (χ2n) is 6.14. The predicted molar refractivity (Wildman–Crippen MR) is 102 cm³/mol. The molecule has 2 aromatic rings. The van der Waals surface area contributed by atoms with Crippen LogP contribution in [0.4, 0.5) is 0 Å². The summed E-state index contributed by atoms with van der Waals surface area (Å²) in [5, 5.41) is 0. The first kappa shape index (κ1) is 18.5. The summed E-state index contributed by atoms with van der Waals surface area (Å²) in [6, 6.07) is 12.6. The minimum absolute atomic E-state index is 0.104. The molecule has 0 fully saturated rings. The summed E-state index contributed by atoms with van der Waals surface area (Å²) in [4.78, 5) is 16.5. The summed E-state index contributed by atoms with van der Waals surface area (Å²) in [5.74, 6) is 1.63. The highest BCUT2D eigenvalue weighted by Gasteiger charge is 2.25. The average Bonchev–Trinajstić information content (AvgIpc) is 3.02. The summed E-state index contributed by atoms with van der Waals surface area (Å²) < 4.78 is 21.4. The van der Waals surface area contributed by atoms with Crippen molar-refractivity contribution in [3.63, 3.8) is 0 Å². The van der Waals surface area contributed by atoms with Gasteiger partial charge in [-0.05, 0) is 55.8 Å². The molecule has 3 rings (SSSR count). The first-order valence-electron chi connectivity index (χ1n) is 8.52. The molecule has 140 valence electrons. The third kappa shape index (κ3) is 4.28. The highest BCUT2D eigenvalue weighted by atomic mass is 16.6. The van der Waals surface area contributed by atoms with Crippen molar-refractivity contribution in [2.24, 2.45) is 4.99 Å². The first-order chi connectivity index (χ1) is 13.0. The predicted octanol–water partition coefficient (Wildman–Crippen LogP) is 3.84. The molecule has 0 aromatic heterocycles. The molecule has 1 aliphatic rings. The quantitative estimate of drug-likeness (QED) is 0.573. The van der Waals surface area contributed by atoms with E-state index >= 15 is 0 Å². The summed E-state index contributed by atoms with van der Waals surface area (Å²) in [6.45, 7) is 3.93. The van der Waals surface area contributed by atoms with Crippen molar-refractivity contribution < 1.29 is 23.7 Å². The van der Waals surface area contributed by atoms with E-state index in [1.807, 2.05) is 38.1 Å². The zero-order valence-electron chi connectivity index (χ0n) is 15.7. The SMILES string of the molecule is COc1ccc(C2=N/C(=C/c3ccc(OC(C)C)cc3)C(=O)O2)cc1OC. The maximum Gasteiger partial charge on any atom is 0.363 e. The van der Waals surface area contributed by atoms with Gasteiger partial charge in [-0.2, -0.15) is 0 Å². The van der Waals surface area contributed by atoms with Crippen LogP contribution in [0.5, 0.6) is 17.2 Å². The molecule has 0 spiro atoms. The number of rotatable bonds is 6. The van der Waals surface area contributed by atoms with Crippen molar-refractivity contribution >= 4 is 17.9 Å². The molecule has 0 atom stereocenters. The Labute approximate surface area is 158 Å². The third-order valence-corrected chi connectivity index (χ3v) is 3.81. The minimum Gasteiger partial charge on any atom is -0.493 e. The Morgan fingerprint density at radius 1 is 1.00 bits per heavy atom. The molecule has 0 radical (unpaired) electrons. The van der Waals surface area contributed by atoms with Gasteiger partial charge in [0, 0.05) is 5.56 Å². The Morgan fingerprint density at radius 2 is 1.70 bits per heavy atom. The van der Waals surface area contributed by atoms with Crippen LogP contribution in [0, 0.1) is 0 Å². The van der Waals surface area contributed by atoms with Crippen molar-refractivity contribution in [3.8, 4) is 17.2 Å². The van der Waals surface area contributed by atoms with Crippen molar-refractivity contribution in [1.29, 1.82) is 0 Å². The number of hydrogen-bond donors (Lipinski definition) is 0. The molecule has 0 bridgehead atoms. The molecule has 1 aliphatic heterocycles. The number of nitrogens with zero attached hydrogens (tertiary/aromatic N) is 1. The van der Waals surface area contributed by atoms with E-state index in [4.69, 9.17) is 18.9 Å². The monoisotopic (exact) mass is 367 g/mol. The van der Waals surface area contributed by atoms with E-state index in [0.717, 1.165) is 11.3 Å². The molecule has 6 heteroatoms. The van der Waals surface area contributed by atoms with Crippen molar-refractivity contribution in [3.05, 3.63) is 59.3 Å². The maximum atomic E-state index is 12.2. The molecule has 0 N–H and O–H groups in total. The smallest absolute Gasteiger partial charge is 0.363 e. The molecule has 0 amide bonds. The van der Waals surface area contributed by atoms with Gasteiger partial charge in [0.1, 0.15) is 5.75 Å². The summed E-state index contributed by atoms with van der Waals surface area (Å²) in [5.41, 5.74) is 1.69. The molecule has 0 aliphatic carbocycles. The number of cyclic esters (lactones) is 1. The lowest BCUT2D eigenvalue weighted by atomic mass is 10.2. The van der Waals surface area contributed by atoms with E-state index in [1.54, 1.807) is 38.5 Å². The van der Waals surface area contributed by atoms with Crippen LogP contribution in [-0.2, 0) is 9.53 Å². The Hall–Kier alpha value is -3.28. The fourth-order valence-corrected chi connectivity index (χ4v) is 2.57. The van der Waals surface area contributed by atoms with Crippen LogP contribution in [0.2, 0.25) is 0 Å². The molecular weight excluding hydrogens is 346 g/mol. The Kier molecular flexibility index (Phi) is 5.45. The number of benzene rings is 2. The molecule has 27 heavy (non-hydrogen) atoms. The fraction of sp³-hybridized carbons (Fsp3) is 0.238. The average molecular weight is 367 g/mol. The van der Waals surface area contributed by atoms with Crippen LogP contribution in [-0.4, -0.2) is 32.2 Å². The second kappa shape index (κ2) is 7.95. The van der Waals surface area contributed by atoms with Crippen molar-refractivity contribution in [1.82, 2.24) is 0 Å². The van der Waals surface area contributed by atoms with Crippen molar-refractivity contribution in [2.75, 3.05) is 14.2 Å². The number of carbonyl (C=O) groups is 1. The van der Waals surface area contributed by atoms with Gasteiger partial charge in [0.05, 0.1) is 20.3 Å². The van der Waals surface area contributed by atoms with Gasteiger partial charge in [-0.1, -0.05) is 12.1 Å². The zero-order valence-corrected chi connectivity index (χ0v) is 15.7. The lowest BCUT2D eigenvalue weighted by Gasteiger charge is -2.09. The number of ether oxygens (including phenoxy) is 4. The topological polar surface area (TPSA) is 66.4 Å². The Bertz CT molecular complexity index is 897. The maximum absolute atomic E-state index is 12.2. The first-order valence-corrected chi connectivity index (χ1v) is 8.52. The number of methoxy groups -OCH3 is 2. The van der Waals surface area contributed by atoms with Crippen LogP contribution >= 0.6 is 0 Å². The van der Waals surface area contributed by atoms with E-state index in [0.29, 0.717) is 17.1 Å². The summed E-state index contributed by atoms with van der Waals surface area (Å²) in [7, 11) is 3.10. The molecule has 1 heterocycles. The van der Waals surface area contributed by atoms with Gasteiger partial charge in [-0.15, -0.1) is 0 Å². The molecule has 2 aromatic carbocycles. The van der Waals surface area contributed by atoms with Crippen LogP contribution in [0.1, 0.15) is 25.0 Å². The van der Waals surface area contributed by atoms with E-state index in [2.05, 4.69) is 4.99 Å². The number of carbonyl (C=O) groups excluding carboxylic acids is 1. The molecular formula is C21H21NO5. The Balaban J connectivity index is 1.84. The minimum atomic E-state index is -0.498. The fourth-order valence-electron chi connectivity index (χ4n) is 2.57. The lowest BCUT2D eigenvalue weighted by Crippen LogP contribution is -2.06. The van der Waals surface area contributed by atoms with Gasteiger partial charge in [-0.25, -0.2) is 9.79 Å². The molecule has 0 saturated heterocycles.